The first-order chi connectivity index (χ1) is 12.0. The van der Waals surface area contributed by atoms with E-state index in [0.29, 0.717) is 12.2 Å². The van der Waals surface area contributed by atoms with E-state index in [-0.39, 0.29) is 5.91 Å². The first-order valence-electron chi connectivity index (χ1n) is 7.63. The Labute approximate surface area is 153 Å². The lowest BCUT2D eigenvalue weighted by atomic mass is 10.2. The molecule has 0 aliphatic rings. The second-order valence-corrected chi connectivity index (χ2v) is 6.47. The maximum atomic E-state index is 12.1. The molecule has 7 nitrogen and oxygen atoms in total. The van der Waals surface area contributed by atoms with Crippen LogP contribution in [0.15, 0.2) is 52.2 Å². The Morgan fingerprint density at radius 1 is 1.28 bits per heavy atom. The highest BCUT2D eigenvalue weighted by Gasteiger charge is 2.09. The Bertz CT molecular complexity index is 910. The largest absolute Gasteiger partial charge is 0.291 e. The molecule has 1 aromatic carbocycles. The number of carbonyl (C=O) groups excluding carboxylic acids is 1. The Kier molecular flexibility index (Phi) is 5.08. The Balaban J connectivity index is 1.60. The van der Waals surface area contributed by atoms with Crippen LogP contribution in [0.25, 0.3) is 0 Å². The molecule has 0 radical (unpaired) electrons. The zero-order valence-corrected chi connectivity index (χ0v) is 15.4. The number of amides is 1. The van der Waals surface area contributed by atoms with Gasteiger partial charge in [0.15, 0.2) is 5.69 Å². The molecule has 0 spiro atoms. The van der Waals surface area contributed by atoms with Gasteiger partial charge in [-0.3, -0.25) is 14.2 Å². The van der Waals surface area contributed by atoms with Crippen LogP contribution in [-0.2, 0) is 13.6 Å². The molecule has 8 heteroatoms. The Morgan fingerprint density at radius 3 is 2.72 bits per heavy atom. The van der Waals surface area contributed by atoms with Crippen molar-refractivity contribution in [1.29, 1.82) is 0 Å². The van der Waals surface area contributed by atoms with Gasteiger partial charge in [-0.1, -0.05) is 28.1 Å². The first kappa shape index (κ1) is 17.1. The predicted molar refractivity (Wildman–Crippen MR) is 98.5 cm³/mol. The molecule has 0 saturated carbocycles. The van der Waals surface area contributed by atoms with E-state index in [4.69, 9.17) is 0 Å². The molecule has 1 amide bonds. The van der Waals surface area contributed by atoms with E-state index in [9.17, 15) is 4.79 Å². The highest BCUT2D eigenvalue weighted by atomic mass is 79.9. The second kappa shape index (κ2) is 7.43. The van der Waals surface area contributed by atoms with Crippen molar-refractivity contribution >= 4 is 28.1 Å². The zero-order valence-electron chi connectivity index (χ0n) is 13.8. The lowest BCUT2D eigenvalue weighted by molar-refractivity contribution is 0.0949. The molecule has 1 N–H and O–H groups in total. The predicted octanol–water partition coefficient (Wildman–Crippen LogP) is 2.50. The number of rotatable bonds is 5. The normalized spacial score (nSPS) is 11.2. The molecule has 0 aliphatic carbocycles. The summed E-state index contributed by atoms with van der Waals surface area (Å²) in [7, 11) is 1.82. The third kappa shape index (κ3) is 4.42. The fourth-order valence-corrected chi connectivity index (χ4v) is 2.58. The summed E-state index contributed by atoms with van der Waals surface area (Å²) in [6.07, 6.45) is 3.32. The number of carbonyl (C=O) groups is 1. The van der Waals surface area contributed by atoms with Crippen molar-refractivity contribution in [1.82, 2.24) is 25.0 Å². The van der Waals surface area contributed by atoms with Gasteiger partial charge in [-0.05, 0) is 36.8 Å². The van der Waals surface area contributed by atoms with E-state index in [0.717, 1.165) is 21.4 Å². The van der Waals surface area contributed by atoms with Crippen molar-refractivity contribution in [3.63, 3.8) is 0 Å². The standard InChI is InChI=1S/C17H17BrN6O/c1-12-9-15(23(2)21-12)10-19-20-17(25)16-7-8-24(22-16)11-13-3-5-14(18)6-4-13/h3-10H,11H2,1-2H3,(H,20,25)/b19-10+. The molecule has 128 valence electrons. The van der Waals surface area contributed by atoms with Crippen molar-refractivity contribution in [2.75, 3.05) is 0 Å². The van der Waals surface area contributed by atoms with Gasteiger partial charge in [0.25, 0.3) is 5.91 Å². The molecule has 0 bridgehead atoms. The van der Waals surface area contributed by atoms with E-state index in [2.05, 4.69) is 36.7 Å². The number of hydrogen-bond acceptors (Lipinski definition) is 4. The van der Waals surface area contributed by atoms with Gasteiger partial charge in [-0.2, -0.15) is 15.3 Å². The summed E-state index contributed by atoms with van der Waals surface area (Å²) in [6.45, 7) is 2.49. The fraction of sp³-hybridized carbons (Fsp3) is 0.176. The molecule has 3 rings (SSSR count). The molecule has 3 aromatic rings. The minimum Gasteiger partial charge on any atom is -0.268 e. The molecule has 0 unspecified atom stereocenters. The Hall–Kier alpha value is -2.74. The minimum atomic E-state index is -0.357. The van der Waals surface area contributed by atoms with E-state index in [1.807, 2.05) is 44.3 Å². The van der Waals surface area contributed by atoms with Gasteiger partial charge in [-0.15, -0.1) is 0 Å². The van der Waals surface area contributed by atoms with Crippen LogP contribution in [0.5, 0.6) is 0 Å². The second-order valence-electron chi connectivity index (χ2n) is 5.56. The van der Waals surface area contributed by atoms with Crippen LogP contribution in [0, 0.1) is 6.92 Å². The molecule has 0 aliphatic heterocycles. The van der Waals surface area contributed by atoms with E-state index < -0.39 is 0 Å². The first-order valence-corrected chi connectivity index (χ1v) is 8.42. The van der Waals surface area contributed by atoms with Gasteiger partial charge in [0.05, 0.1) is 24.1 Å². The number of aromatic nitrogens is 4. The van der Waals surface area contributed by atoms with E-state index >= 15 is 0 Å². The van der Waals surface area contributed by atoms with Crippen molar-refractivity contribution in [2.45, 2.75) is 13.5 Å². The topological polar surface area (TPSA) is 77.1 Å². The van der Waals surface area contributed by atoms with Crippen LogP contribution in [0.3, 0.4) is 0 Å². The quantitative estimate of drug-likeness (QED) is 0.527. The molecule has 2 aromatic heterocycles. The summed E-state index contributed by atoms with van der Waals surface area (Å²) in [5.41, 5.74) is 5.59. The monoisotopic (exact) mass is 400 g/mol. The van der Waals surface area contributed by atoms with Crippen LogP contribution < -0.4 is 5.43 Å². The van der Waals surface area contributed by atoms with Gasteiger partial charge in [0, 0.05) is 17.7 Å². The summed E-state index contributed by atoms with van der Waals surface area (Å²) in [5.74, 6) is -0.357. The van der Waals surface area contributed by atoms with Crippen molar-refractivity contribution in [3.8, 4) is 0 Å². The van der Waals surface area contributed by atoms with Gasteiger partial charge < -0.3 is 0 Å². The van der Waals surface area contributed by atoms with E-state index in [1.54, 1.807) is 27.8 Å². The summed E-state index contributed by atoms with van der Waals surface area (Å²) in [6, 6.07) is 11.5. The Morgan fingerprint density at radius 2 is 2.04 bits per heavy atom. The van der Waals surface area contributed by atoms with Crippen molar-refractivity contribution in [2.24, 2.45) is 12.1 Å². The highest BCUT2D eigenvalue weighted by molar-refractivity contribution is 9.10. The third-order valence-electron chi connectivity index (χ3n) is 3.53. The molecular formula is C17H17BrN6O. The van der Waals surface area contributed by atoms with Crippen molar-refractivity contribution in [3.05, 3.63) is 69.7 Å². The molecule has 0 saturated heterocycles. The summed E-state index contributed by atoms with van der Waals surface area (Å²) < 4.78 is 4.43. The van der Waals surface area contributed by atoms with Crippen LogP contribution in [0.1, 0.15) is 27.4 Å². The minimum absolute atomic E-state index is 0.315. The number of hydrazone groups is 1. The zero-order chi connectivity index (χ0) is 17.8. The molecule has 25 heavy (non-hydrogen) atoms. The third-order valence-corrected chi connectivity index (χ3v) is 4.06. The summed E-state index contributed by atoms with van der Waals surface area (Å²) >= 11 is 3.41. The van der Waals surface area contributed by atoms with Crippen molar-refractivity contribution < 1.29 is 4.79 Å². The van der Waals surface area contributed by atoms with Crippen LogP contribution >= 0.6 is 15.9 Å². The van der Waals surface area contributed by atoms with Gasteiger partial charge >= 0.3 is 0 Å². The van der Waals surface area contributed by atoms with Gasteiger partial charge in [0.2, 0.25) is 0 Å². The summed E-state index contributed by atoms with van der Waals surface area (Å²) in [4.78, 5) is 12.1. The number of benzene rings is 1. The number of halogens is 1. The number of hydrogen-bond donors (Lipinski definition) is 1. The number of nitrogens with zero attached hydrogens (tertiary/aromatic N) is 5. The van der Waals surface area contributed by atoms with Crippen LogP contribution in [0.2, 0.25) is 0 Å². The van der Waals surface area contributed by atoms with Crippen LogP contribution in [-0.4, -0.2) is 31.7 Å². The lowest BCUT2D eigenvalue weighted by Gasteiger charge is -2.02. The SMILES string of the molecule is Cc1cc(/C=N/NC(=O)c2ccn(Cc3ccc(Br)cc3)n2)n(C)n1. The fourth-order valence-electron chi connectivity index (χ4n) is 2.31. The number of nitrogens with one attached hydrogen (secondary N) is 1. The van der Waals surface area contributed by atoms with Crippen LogP contribution in [0.4, 0.5) is 0 Å². The van der Waals surface area contributed by atoms with Gasteiger partial charge in [0.1, 0.15) is 0 Å². The molecule has 0 atom stereocenters. The molecule has 2 heterocycles. The maximum absolute atomic E-state index is 12.1. The summed E-state index contributed by atoms with van der Waals surface area (Å²) in [5, 5.41) is 12.4. The highest BCUT2D eigenvalue weighted by Crippen LogP contribution is 2.11. The average Bonchev–Trinajstić information content (AvgIpc) is 3.16. The molecular weight excluding hydrogens is 384 g/mol. The maximum Gasteiger partial charge on any atom is 0.291 e. The number of aryl methyl sites for hydroxylation is 2. The smallest absolute Gasteiger partial charge is 0.268 e. The average molecular weight is 401 g/mol. The molecule has 0 fully saturated rings. The lowest BCUT2D eigenvalue weighted by Crippen LogP contribution is -2.19. The van der Waals surface area contributed by atoms with E-state index in [1.165, 1.54) is 0 Å². The van der Waals surface area contributed by atoms with Gasteiger partial charge in [-0.25, -0.2) is 5.43 Å².